The Balaban J connectivity index is 1.70. The van der Waals surface area contributed by atoms with Gasteiger partial charge in [-0.25, -0.2) is 4.98 Å². The first-order valence-corrected chi connectivity index (χ1v) is 6.71. The molecule has 0 fully saturated rings. The number of aromatic nitrogens is 1. The average Bonchev–Trinajstić information content (AvgIpc) is 2.52. The van der Waals surface area contributed by atoms with Crippen LogP contribution >= 0.6 is 0 Å². The number of nitrogens with two attached hydrogens (primary N) is 1. The Morgan fingerprint density at radius 2 is 1.95 bits per heavy atom. The Morgan fingerprint density at radius 1 is 1.14 bits per heavy atom. The fourth-order valence-electron chi connectivity index (χ4n) is 1.73. The number of benzene rings is 1. The number of rotatable bonds is 6. The third kappa shape index (κ3) is 4.99. The van der Waals surface area contributed by atoms with E-state index in [1.165, 1.54) is 6.08 Å². The second-order valence-electron chi connectivity index (χ2n) is 4.40. The maximum absolute atomic E-state index is 11.6. The smallest absolute Gasteiger partial charge is 0.244 e. The summed E-state index contributed by atoms with van der Waals surface area (Å²) in [4.78, 5) is 15.7. The molecule has 2 aromatic rings. The molecule has 1 aromatic heterocycles. The van der Waals surface area contributed by atoms with Crippen molar-refractivity contribution in [2.24, 2.45) is 0 Å². The van der Waals surface area contributed by atoms with E-state index in [-0.39, 0.29) is 5.91 Å². The molecule has 0 unspecified atom stereocenters. The summed E-state index contributed by atoms with van der Waals surface area (Å²) in [5.41, 5.74) is 7.33. The number of nitrogens with zero attached hydrogens (tertiary/aromatic N) is 1. The van der Waals surface area contributed by atoms with Crippen LogP contribution in [0, 0.1) is 0 Å². The van der Waals surface area contributed by atoms with Crippen LogP contribution in [0.4, 0.5) is 11.5 Å². The van der Waals surface area contributed by atoms with Gasteiger partial charge in [0.05, 0.1) is 5.69 Å². The molecule has 0 aliphatic rings. The molecule has 5 nitrogen and oxygen atoms in total. The molecule has 0 aliphatic carbocycles. The quantitative estimate of drug-likeness (QED) is 0.558. The van der Waals surface area contributed by atoms with Crippen LogP contribution in [-0.2, 0) is 4.79 Å². The maximum atomic E-state index is 11.6. The largest absolute Gasteiger partial charge is 0.396 e. The van der Waals surface area contributed by atoms with Gasteiger partial charge in [0.1, 0.15) is 5.82 Å². The molecule has 2 rings (SSSR count). The van der Waals surface area contributed by atoms with Crippen LogP contribution in [-0.4, -0.2) is 24.0 Å². The zero-order chi connectivity index (χ0) is 14.9. The van der Waals surface area contributed by atoms with Crippen molar-refractivity contribution < 1.29 is 4.79 Å². The van der Waals surface area contributed by atoms with Gasteiger partial charge in [0.25, 0.3) is 0 Å². The highest BCUT2D eigenvalue weighted by Crippen LogP contribution is 2.11. The van der Waals surface area contributed by atoms with E-state index in [1.807, 2.05) is 30.3 Å². The van der Waals surface area contributed by atoms with Crippen molar-refractivity contribution in [2.75, 3.05) is 24.1 Å². The number of carbonyl (C=O) groups excluding carboxylic acids is 1. The van der Waals surface area contributed by atoms with Crippen molar-refractivity contribution in [3.63, 3.8) is 0 Å². The molecule has 0 aliphatic heterocycles. The molecule has 0 atom stereocenters. The lowest BCUT2D eigenvalue weighted by atomic mass is 10.2. The molecule has 4 N–H and O–H groups in total. The first-order valence-electron chi connectivity index (χ1n) is 6.71. The van der Waals surface area contributed by atoms with Gasteiger partial charge in [0, 0.05) is 25.4 Å². The zero-order valence-electron chi connectivity index (χ0n) is 11.6. The first-order chi connectivity index (χ1) is 10.3. The van der Waals surface area contributed by atoms with E-state index in [1.54, 1.807) is 24.4 Å². The van der Waals surface area contributed by atoms with E-state index in [9.17, 15) is 4.79 Å². The fraction of sp³-hybridized carbons (Fsp3) is 0.125. The molecule has 5 heteroatoms. The summed E-state index contributed by atoms with van der Waals surface area (Å²) in [6.07, 6.45) is 4.96. The second kappa shape index (κ2) is 7.69. The highest BCUT2D eigenvalue weighted by atomic mass is 16.1. The molecule has 108 valence electrons. The number of hydrogen-bond donors (Lipinski definition) is 3. The maximum Gasteiger partial charge on any atom is 0.244 e. The van der Waals surface area contributed by atoms with Crippen molar-refractivity contribution in [1.29, 1.82) is 0 Å². The van der Waals surface area contributed by atoms with Crippen LogP contribution in [0.3, 0.4) is 0 Å². The minimum Gasteiger partial charge on any atom is -0.396 e. The van der Waals surface area contributed by atoms with Gasteiger partial charge in [-0.05, 0) is 23.8 Å². The summed E-state index contributed by atoms with van der Waals surface area (Å²) in [5.74, 6) is 0.501. The molecule has 1 aromatic carbocycles. The van der Waals surface area contributed by atoms with Crippen LogP contribution in [0.2, 0.25) is 0 Å². The van der Waals surface area contributed by atoms with Gasteiger partial charge in [-0.2, -0.15) is 0 Å². The predicted molar refractivity (Wildman–Crippen MR) is 85.6 cm³/mol. The molecule has 0 spiro atoms. The fourth-order valence-corrected chi connectivity index (χ4v) is 1.73. The number of anilines is 2. The van der Waals surface area contributed by atoms with Gasteiger partial charge in [-0.15, -0.1) is 0 Å². The highest BCUT2D eigenvalue weighted by molar-refractivity contribution is 5.91. The van der Waals surface area contributed by atoms with Crippen LogP contribution in [0.1, 0.15) is 5.56 Å². The highest BCUT2D eigenvalue weighted by Gasteiger charge is 1.98. The molecule has 1 heterocycles. The lowest BCUT2D eigenvalue weighted by molar-refractivity contribution is -0.116. The molecule has 0 saturated carbocycles. The molecule has 0 bridgehead atoms. The zero-order valence-corrected chi connectivity index (χ0v) is 11.6. The van der Waals surface area contributed by atoms with Gasteiger partial charge in [0.15, 0.2) is 0 Å². The Hall–Kier alpha value is -2.82. The SMILES string of the molecule is Nc1cccnc1NCCNC(=O)/C=C/c1ccccc1. The van der Waals surface area contributed by atoms with Gasteiger partial charge < -0.3 is 16.4 Å². The summed E-state index contributed by atoms with van der Waals surface area (Å²) in [6.45, 7) is 1.06. The Labute approximate surface area is 123 Å². The molecule has 0 saturated heterocycles. The topological polar surface area (TPSA) is 80.0 Å². The third-order valence-electron chi connectivity index (χ3n) is 2.78. The van der Waals surface area contributed by atoms with Crippen molar-refractivity contribution in [3.05, 3.63) is 60.3 Å². The normalized spacial score (nSPS) is 10.5. The Bertz CT molecular complexity index is 611. The lowest BCUT2D eigenvalue weighted by Crippen LogP contribution is -2.27. The molecule has 1 amide bonds. The summed E-state index contributed by atoms with van der Waals surface area (Å²) in [7, 11) is 0. The van der Waals surface area contributed by atoms with E-state index < -0.39 is 0 Å². The van der Waals surface area contributed by atoms with E-state index in [2.05, 4.69) is 15.6 Å². The predicted octanol–water partition coefficient (Wildman–Crippen LogP) is 1.91. The van der Waals surface area contributed by atoms with E-state index in [0.717, 1.165) is 5.56 Å². The van der Waals surface area contributed by atoms with Crippen LogP contribution in [0.15, 0.2) is 54.7 Å². The van der Waals surface area contributed by atoms with Gasteiger partial charge >= 0.3 is 0 Å². The van der Waals surface area contributed by atoms with E-state index >= 15 is 0 Å². The summed E-state index contributed by atoms with van der Waals surface area (Å²) >= 11 is 0. The minimum absolute atomic E-state index is 0.130. The van der Waals surface area contributed by atoms with Crippen molar-refractivity contribution in [3.8, 4) is 0 Å². The summed E-state index contributed by atoms with van der Waals surface area (Å²) < 4.78 is 0. The number of pyridine rings is 1. The summed E-state index contributed by atoms with van der Waals surface area (Å²) in [5, 5.41) is 5.85. The Kier molecular flexibility index (Phi) is 5.34. The first kappa shape index (κ1) is 14.6. The van der Waals surface area contributed by atoms with E-state index in [0.29, 0.717) is 24.6 Å². The standard InChI is InChI=1S/C16H18N4O/c17-14-7-4-10-19-16(14)20-12-11-18-15(21)9-8-13-5-2-1-3-6-13/h1-10H,11-12,17H2,(H,18,21)(H,19,20)/b9-8+. The van der Waals surface area contributed by atoms with Crippen molar-refractivity contribution in [2.45, 2.75) is 0 Å². The van der Waals surface area contributed by atoms with Crippen LogP contribution in [0.25, 0.3) is 6.08 Å². The van der Waals surface area contributed by atoms with Gasteiger partial charge in [-0.1, -0.05) is 30.3 Å². The van der Waals surface area contributed by atoms with Crippen molar-refractivity contribution in [1.82, 2.24) is 10.3 Å². The number of hydrogen-bond acceptors (Lipinski definition) is 4. The van der Waals surface area contributed by atoms with E-state index in [4.69, 9.17) is 5.73 Å². The monoisotopic (exact) mass is 282 g/mol. The molecular weight excluding hydrogens is 264 g/mol. The number of nitrogen functional groups attached to an aromatic ring is 1. The van der Waals surface area contributed by atoms with Crippen molar-refractivity contribution >= 4 is 23.5 Å². The van der Waals surface area contributed by atoms with Gasteiger partial charge in [-0.3, -0.25) is 4.79 Å². The number of nitrogens with one attached hydrogen (secondary N) is 2. The summed E-state index contributed by atoms with van der Waals surface area (Å²) in [6, 6.07) is 13.2. The minimum atomic E-state index is -0.130. The van der Waals surface area contributed by atoms with Crippen LogP contribution < -0.4 is 16.4 Å². The van der Waals surface area contributed by atoms with Gasteiger partial charge in [0.2, 0.25) is 5.91 Å². The molecule has 21 heavy (non-hydrogen) atoms. The second-order valence-corrected chi connectivity index (χ2v) is 4.40. The molecule has 0 radical (unpaired) electrons. The Morgan fingerprint density at radius 3 is 2.71 bits per heavy atom. The number of carbonyl (C=O) groups is 1. The van der Waals surface area contributed by atoms with Crippen LogP contribution in [0.5, 0.6) is 0 Å². The average molecular weight is 282 g/mol. The number of amides is 1. The molecular formula is C16H18N4O. The lowest BCUT2D eigenvalue weighted by Gasteiger charge is -2.07. The third-order valence-corrected chi connectivity index (χ3v) is 2.78.